The van der Waals surface area contributed by atoms with Crippen molar-refractivity contribution < 1.29 is 14.5 Å². The zero-order valence-corrected chi connectivity index (χ0v) is 18.2. The molecule has 160 valence electrons. The molecule has 1 fully saturated rings. The largest absolute Gasteiger partial charge is 0.480 e. The molecule has 0 bridgehead atoms. The van der Waals surface area contributed by atoms with Crippen molar-refractivity contribution in [1.82, 2.24) is 19.7 Å². The molecule has 0 radical (unpaired) electrons. The summed E-state index contributed by atoms with van der Waals surface area (Å²) in [6, 6.07) is 1.91. The molecule has 0 spiro atoms. The molecule has 9 nitrogen and oxygen atoms in total. The minimum absolute atomic E-state index is 0.191. The molecule has 0 amide bonds. The van der Waals surface area contributed by atoms with Gasteiger partial charge in [0.2, 0.25) is 5.88 Å². The van der Waals surface area contributed by atoms with Crippen LogP contribution in [-0.2, 0) is 6.54 Å². The van der Waals surface area contributed by atoms with Crippen LogP contribution in [-0.4, -0.2) is 76.5 Å². The van der Waals surface area contributed by atoms with Gasteiger partial charge in [0.25, 0.3) is 5.56 Å². The zero-order chi connectivity index (χ0) is 21.0. The van der Waals surface area contributed by atoms with Crippen LogP contribution in [0.1, 0.15) is 19.3 Å². The first-order chi connectivity index (χ1) is 13.9. The van der Waals surface area contributed by atoms with E-state index in [9.17, 15) is 4.79 Å². The van der Waals surface area contributed by atoms with Crippen molar-refractivity contribution in [3.63, 3.8) is 0 Å². The minimum atomic E-state index is -1.80. The molecule has 0 saturated carbocycles. The first-order valence-electron chi connectivity index (χ1n) is 9.89. The van der Waals surface area contributed by atoms with Gasteiger partial charge in [-0.2, -0.15) is 10.1 Å². The van der Waals surface area contributed by atoms with Gasteiger partial charge >= 0.3 is 0 Å². The molecule has 1 aliphatic rings. The van der Waals surface area contributed by atoms with E-state index in [1.54, 1.807) is 6.20 Å². The van der Waals surface area contributed by atoms with Crippen LogP contribution in [0, 0.1) is 5.92 Å². The van der Waals surface area contributed by atoms with Crippen molar-refractivity contribution in [1.29, 1.82) is 0 Å². The van der Waals surface area contributed by atoms with E-state index >= 15 is 0 Å². The number of aromatic nitrogens is 3. The predicted octanol–water partition coefficient (Wildman–Crippen LogP) is 1.26. The second-order valence-corrected chi connectivity index (χ2v) is 8.94. The fourth-order valence-corrected chi connectivity index (χ4v) is 4.27. The van der Waals surface area contributed by atoms with E-state index in [0.29, 0.717) is 29.9 Å². The van der Waals surface area contributed by atoms with E-state index in [-0.39, 0.29) is 5.56 Å². The summed E-state index contributed by atoms with van der Waals surface area (Å²) in [4.78, 5) is 39.9. The maximum atomic E-state index is 12.9. The maximum Gasteiger partial charge on any atom is 0.280 e. The van der Waals surface area contributed by atoms with Crippen LogP contribution in [0.5, 0.6) is 5.88 Å². The Morgan fingerprint density at radius 1 is 1.31 bits per heavy atom. The predicted molar refractivity (Wildman–Crippen MR) is 115 cm³/mol. The Morgan fingerprint density at radius 3 is 2.66 bits per heavy atom. The number of likely N-dealkylation sites (N-methyl/N-ethyl adjacent to an activating group) is 1. The monoisotopic (exact) mass is 423 g/mol. The third-order valence-electron chi connectivity index (χ3n) is 5.42. The van der Waals surface area contributed by atoms with Crippen LogP contribution in [0.4, 0.5) is 5.82 Å². The summed E-state index contributed by atoms with van der Waals surface area (Å²) in [6.07, 6.45) is 4.99. The highest BCUT2D eigenvalue weighted by atomic mass is 31.2. The second-order valence-electron chi connectivity index (χ2n) is 7.75. The summed E-state index contributed by atoms with van der Waals surface area (Å²) in [6.45, 7) is 2.91. The Bertz CT molecular complexity index is 881. The minimum Gasteiger partial charge on any atom is -0.480 e. The van der Waals surface area contributed by atoms with Crippen molar-refractivity contribution in [3.8, 4) is 5.88 Å². The smallest absolute Gasteiger partial charge is 0.280 e. The number of methoxy groups -OCH3 is 1. The zero-order valence-electron chi connectivity index (χ0n) is 17.3. The third-order valence-corrected chi connectivity index (χ3v) is 6.07. The van der Waals surface area contributed by atoms with Gasteiger partial charge in [0.05, 0.1) is 19.9 Å². The molecule has 29 heavy (non-hydrogen) atoms. The molecule has 2 aromatic heterocycles. The SMILES string of the molecule is COc1nc(N2CCC(CCP(O)O)CC2)cc2cnn(CCN(C)C)c(=O)c12. The molecule has 0 aliphatic carbocycles. The van der Waals surface area contributed by atoms with Crippen LogP contribution in [0.3, 0.4) is 0 Å². The lowest BCUT2D eigenvalue weighted by Crippen LogP contribution is -2.34. The molecular weight excluding hydrogens is 393 g/mol. The summed E-state index contributed by atoms with van der Waals surface area (Å²) >= 11 is 0. The fraction of sp³-hybridized carbons (Fsp3) is 0.632. The number of anilines is 1. The first kappa shape index (κ1) is 21.9. The molecule has 0 unspecified atom stereocenters. The molecule has 0 atom stereocenters. The lowest BCUT2D eigenvalue weighted by Gasteiger charge is -2.33. The number of hydrogen-bond acceptors (Lipinski definition) is 8. The van der Waals surface area contributed by atoms with Gasteiger partial charge in [-0.05, 0) is 45.3 Å². The highest BCUT2D eigenvalue weighted by molar-refractivity contribution is 7.45. The highest BCUT2D eigenvalue weighted by Crippen LogP contribution is 2.32. The maximum absolute atomic E-state index is 12.9. The Kier molecular flexibility index (Phi) is 7.40. The van der Waals surface area contributed by atoms with Crippen molar-refractivity contribution in [3.05, 3.63) is 22.6 Å². The van der Waals surface area contributed by atoms with Gasteiger partial charge in [-0.25, -0.2) is 4.68 Å². The van der Waals surface area contributed by atoms with E-state index in [0.717, 1.165) is 50.1 Å². The van der Waals surface area contributed by atoms with E-state index in [2.05, 4.69) is 15.0 Å². The van der Waals surface area contributed by atoms with Crippen molar-refractivity contribution in [2.24, 2.45) is 5.92 Å². The van der Waals surface area contributed by atoms with Crippen molar-refractivity contribution in [2.75, 3.05) is 51.9 Å². The summed E-state index contributed by atoms with van der Waals surface area (Å²) in [7, 11) is 3.64. The van der Waals surface area contributed by atoms with Crippen molar-refractivity contribution >= 4 is 25.0 Å². The van der Waals surface area contributed by atoms with Crippen LogP contribution < -0.4 is 15.2 Å². The van der Waals surface area contributed by atoms with Crippen LogP contribution in [0.2, 0.25) is 0 Å². The highest BCUT2D eigenvalue weighted by Gasteiger charge is 2.23. The Balaban J connectivity index is 1.80. The van der Waals surface area contributed by atoms with Gasteiger partial charge < -0.3 is 24.3 Å². The average Bonchev–Trinajstić information content (AvgIpc) is 2.71. The molecule has 3 heterocycles. The number of ether oxygens (including phenoxy) is 1. The molecule has 3 rings (SSSR count). The number of pyridine rings is 1. The molecule has 2 N–H and O–H groups in total. The van der Waals surface area contributed by atoms with Gasteiger partial charge in [0.15, 0.2) is 8.38 Å². The molecule has 10 heteroatoms. The number of nitrogens with zero attached hydrogens (tertiary/aromatic N) is 5. The molecule has 1 aliphatic heterocycles. The normalized spacial score (nSPS) is 15.6. The van der Waals surface area contributed by atoms with Gasteiger partial charge in [-0.1, -0.05) is 0 Å². The Morgan fingerprint density at radius 2 is 2.03 bits per heavy atom. The van der Waals surface area contributed by atoms with E-state index in [1.165, 1.54) is 11.8 Å². The topological polar surface area (TPSA) is 104 Å². The van der Waals surface area contributed by atoms with Crippen LogP contribution in [0.15, 0.2) is 17.1 Å². The van der Waals surface area contributed by atoms with Gasteiger partial charge in [0.1, 0.15) is 11.2 Å². The van der Waals surface area contributed by atoms with Gasteiger partial charge in [-0.3, -0.25) is 4.79 Å². The lowest BCUT2D eigenvalue weighted by atomic mass is 9.94. The van der Waals surface area contributed by atoms with E-state index in [4.69, 9.17) is 14.5 Å². The van der Waals surface area contributed by atoms with Crippen LogP contribution >= 0.6 is 8.38 Å². The summed E-state index contributed by atoms with van der Waals surface area (Å²) in [5.74, 6) is 1.62. The van der Waals surface area contributed by atoms with Gasteiger partial charge in [-0.15, -0.1) is 0 Å². The Hall–Kier alpha value is -1.80. The third kappa shape index (κ3) is 5.42. The van der Waals surface area contributed by atoms with Crippen LogP contribution in [0.25, 0.3) is 10.8 Å². The molecular formula is C19H30N5O4P. The molecule has 1 saturated heterocycles. The number of piperidine rings is 1. The standard InChI is InChI=1S/C19H30N5O4P/c1-22(2)9-10-24-19(25)17-15(13-20-24)12-16(21-18(17)28-3)23-7-4-14(5-8-23)6-11-29(26)27/h12-14,26-27H,4-11H2,1-3H3. The van der Waals surface area contributed by atoms with Gasteiger partial charge in [0, 0.05) is 31.2 Å². The summed E-state index contributed by atoms with van der Waals surface area (Å²) in [5.41, 5.74) is -0.191. The number of fused-ring (bicyclic) bond motifs is 1. The number of hydrogen-bond donors (Lipinski definition) is 2. The van der Waals surface area contributed by atoms with E-state index in [1.807, 2.05) is 25.1 Å². The second kappa shape index (κ2) is 9.80. The number of rotatable bonds is 8. The quantitative estimate of drug-likeness (QED) is 0.612. The summed E-state index contributed by atoms with van der Waals surface area (Å²) < 4.78 is 6.92. The first-order valence-corrected chi connectivity index (χ1v) is 11.3. The fourth-order valence-electron chi connectivity index (χ4n) is 3.67. The summed E-state index contributed by atoms with van der Waals surface area (Å²) in [5, 5.41) is 5.51. The van der Waals surface area contributed by atoms with E-state index < -0.39 is 8.38 Å². The molecule has 0 aromatic carbocycles. The molecule has 2 aromatic rings. The Labute approximate surface area is 171 Å². The van der Waals surface area contributed by atoms with Crippen molar-refractivity contribution in [2.45, 2.75) is 25.8 Å². The lowest BCUT2D eigenvalue weighted by molar-refractivity contribution is 0.367. The average molecular weight is 423 g/mol.